The number of aryl methyl sites for hydroxylation is 1. The molecular formula is C21H20F3N7O2. The third kappa shape index (κ3) is 3.74. The number of anilines is 1. The fourth-order valence-corrected chi connectivity index (χ4v) is 4.12. The zero-order chi connectivity index (χ0) is 23.5. The Morgan fingerprint density at radius 3 is 2.58 bits per heavy atom. The normalized spacial score (nSPS) is 21.6. The van der Waals surface area contributed by atoms with E-state index in [9.17, 15) is 22.8 Å². The number of rotatable bonds is 5. The van der Waals surface area contributed by atoms with Crippen molar-refractivity contribution in [2.24, 2.45) is 5.73 Å². The molecule has 1 aliphatic carbocycles. The summed E-state index contributed by atoms with van der Waals surface area (Å²) in [6.45, 7) is 0.429. The third-order valence-corrected chi connectivity index (χ3v) is 6.04. The molecule has 2 atom stereocenters. The maximum Gasteiger partial charge on any atom is 0.288 e. The molecule has 2 aromatic heterocycles. The Morgan fingerprint density at radius 2 is 1.94 bits per heavy atom. The first-order chi connectivity index (χ1) is 15.6. The second-order valence-corrected chi connectivity index (χ2v) is 8.35. The van der Waals surface area contributed by atoms with Crippen LogP contribution in [0.5, 0.6) is 0 Å². The highest BCUT2D eigenvalue weighted by Gasteiger charge is 2.59. The summed E-state index contributed by atoms with van der Waals surface area (Å²) in [6, 6.07) is 7.24. The highest BCUT2D eigenvalue weighted by Crippen LogP contribution is 2.55. The van der Waals surface area contributed by atoms with Gasteiger partial charge in [0.25, 0.3) is 11.8 Å². The van der Waals surface area contributed by atoms with Gasteiger partial charge in [0.05, 0.1) is 24.1 Å². The average Bonchev–Trinajstić information content (AvgIpc) is 3.11. The van der Waals surface area contributed by atoms with Crippen LogP contribution in [-0.4, -0.2) is 49.3 Å². The van der Waals surface area contributed by atoms with Gasteiger partial charge in [0.1, 0.15) is 17.5 Å². The summed E-state index contributed by atoms with van der Waals surface area (Å²) in [5.41, 5.74) is 6.32. The molecule has 2 amide bonds. The minimum absolute atomic E-state index is 0.148. The Hall–Kier alpha value is -3.70. The fraction of sp³-hybridized carbons (Fsp3) is 0.381. The van der Waals surface area contributed by atoms with Crippen LogP contribution in [-0.2, 0) is 17.9 Å². The SMILES string of the molecule is CN1C(=O)[C@@H](c2nc(C(N)=O)nn2Cc2ccc(F)cc2)CCn2nc([C@H]3CC3(F)F)cc21. The predicted molar refractivity (Wildman–Crippen MR) is 109 cm³/mol. The second-order valence-electron chi connectivity index (χ2n) is 8.35. The van der Waals surface area contributed by atoms with E-state index in [0.29, 0.717) is 11.4 Å². The van der Waals surface area contributed by atoms with Gasteiger partial charge in [-0.2, -0.15) is 5.10 Å². The summed E-state index contributed by atoms with van der Waals surface area (Å²) in [5, 5.41) is 8.46. The summed E-state index contributed by atoms with van der Waals surface area (Å²) in [7, 11) is 1.54. The smallest absolute Gasteiger partial charge is 0.288 e. The number of hydrogen-bond acceptors (Lipinski definition) is 5. The van der Waals surface area contributed by atoms with Crippen molar-refractivity contribution in [3.8, 4) is 0 Å². The number of carbonyl (C=O) groups is 2. The highest BCUT2D eigenvalue weighted by molar-refractivity contribution is 5.97. The van der Waals surface area contributed by atoms with Gasteiger partial charge in [0.15, 0.2) is 0 Å². The number of benzene rings is 1. The van der Waals surface area contributed by atoms with Gasteiger partial charge >= 0.3 is 0 Å². The lowest BCUT2D eigenvalue weighted by Gasteiger charge is -2.19. The number of alkyl halides is 2. The van der Waals surface area contributed by atoms with Gasteiger partial charge in [-0.05, 0) is 24.1 Å². The molecule has 0 saturated heterocycles. The number of nitrogens with two attached hydrogens (primary N) is 1. The van der Waals surface area contributed by atoms with Crippen LogP contribution in [0.3, 0.4) is 0 Å². The molecule has 3 aromatic rings. The van der Waals surface area contributed by atoms with Gasteiger partial charge in [-0.1, -0.05) is 12.1 Å². The van der Waals surface area contributed by atoms with Gasteiger partial charge in [0.2, 0.25) is 11.7 Å². The van der Waals surface area contributed by atoms with Gasteiger partial charge in [-0.15, -0.1) is 5.10 Å². The van der Waals surface area contributed by atoms with Crippen LogP contribution in [0.15, 0.2) is 30.3 Å². The summed E-state index contributed by atoms with van der Waals surface area (Å²) in [6.07, 6.45) is 0.0186. The molecule has 5 rings (SSSR count). The second kappa shape index (κ2) is 7.42. The lowest BCUT2D eigenvalue weighted by atomic mass is 10.0. The number of halogens is 3. The van der Waals surface area contributed by atoms with Crippen molar-refractivity contribution in [2.75, 3.05) is 11.9 Å². The van der Waals surface area contributed by atoms with E-state index in [1.165, 1.54) is 32.5 Å². The quantitative estimate of drug-likeness (QED) is 0.628. The van der Waals surface area contributed by atoms with Crippen LogP contribution >= 0.6 is 0 Å². The average molecular weight is 459 g/mol. The molecule has 2 N–H and O–H groups in total. The number of likely N-dealkylation sites (N-methyl/N-ethyl adjacent to an activating group) is 1. The standard InChI is InChI=1S/C21H20F3N7O2/c1-29-16-8-15(14-9-21(14,23)24)27-30(16)7-6-13(20(29)33)19-26-18(17(25)32)28-31(19)10-11-2-4-12(22)5-3-11/h2-5,8,13-14H,6-7,9-10H2,1H3,(H2,25,32)/t13-,14-/m1/s1. The van der Waals surface area contributed by atoms with E-state index in [0.717, 1.165) is 0 Å². The number of amides is 2. The number of fused-ring (bicyclic) bond motifs is 1. The zero-order valence-electron chi connectivity index (χ0n) is 17.6. The molecule has 3 heterocycles. The van der Waals surface area contributed by atoms with Crippen molar-refractivity contribution in [1.82, 2.24) is 24.5 Å². The maximum absolute atomic E-state index is 13.5. The Balaban J connectivity index is 1.46. The Kier molecular flexibility index (Phi) is 4.76. The monoisotopic (exact) mass is 459 g/mol. The minimum Gasteiger partial charge on any atom is -0.363 e. The molecule has 1 aliphatic heterocycles. The molecule has 0 radical (unpaired) electrons. The Labute approximate surface area is 186 Å². The fourth-order valence-electron chi connectivity index (χ4n) is 4.12. The van der Waals surface area contributed by atoms with E-state index >= 15 is 0 Å². The number of primary amides is 1. The van der Waals surface area contributed by atoms with Crippen LogP contribution in [0, 0.1) is 5.82 Å². The van der Waals surface area contributed by atoms with Gasteiger partial charge in [-0.3, -0.25) is 14.5 Å². The first-order valence-electron chi connectivity index (χ1n) is 10.4. The summed E-state index contributed by atoms with van der Waals surface area (Å²) in [5.74, 6) is -5.61. The molecule has 12 heteroatoms. The number of carbonyl (C=O) groups excluding carboxylic acids is 2. The molecule has 1 saturated carbocycles. The molecule has 9 nitrogen and oxygen atoms in total. The summed E-state index contributed by atoms with van der Waals surface area (Å²) in [4.78, 5) is 30.6. The van der Waals surface area contributed by atoms with E-state index in [4.69, 9.17) is 5.73 Å². The van der Waals surface area contributed by atoms with Crippen LogP contribution in [0.4, 0.5) is 19.0 Å². The summed E-state index contributed by atoms with van der Waals surface area (Å²) >= 11 is 0. The predicted octanol–water partition coefficient (Wildman–Crippen LogP) is 2.03. The third-order valence-electron chi connectivity index (χ3n) is 6.04. The molecule has 1 fully saturated rings. The van der Waals surface area contributed by atoms with Crippen LogP contribution in [0.25, 0.3) is 0 Å². The first kappa shape index (κ1) is 21.2. The van der Waals surface area contributed by atoms with Gasteiger partial charge in [-0.25, -0.2) is 27.5 Å². The van der Waals surface area contributed by atoms with E-state index in [2.05, 4.69) is 15.2 Å². The molecule has 1 aromatic carbocycles. The molecular weight excluding hydrogens is 439 g/mol. The van der Waals surface area contributed by atoms with Crippen molar-refractivity contribution in [2.45, 2.75) is 43.7 Å². The minimum atomic E-state index is -2.76. The maximum atomic E-state index is 13.5. The molecule has 33 heavy (non-hydrogen) atoms. The van der Waals surface area contributed by atoms with Crippen molar-refractivity contribution in [3.63, 3.8) is 0 Å². The zero-order valence-corrected chi connectivity index (χ0v) is 17.6. The van der Waals surface area contributed by atoms with Crippen molar-refractivity contribution >= 4 is 17.6 Å². The van der Waals surface area contributed by atoms with Gasteiger partial charge in [0, 0.05) is 26.1 Å². The molecule has 0 unspecified atom stereocenters. The van der Waals surface area contributed by atoms with Crippen molar-refractivity contribution in [3.05, 3.63) is 59.1 Å². The van der Waals surface area contributed by atoms with Crippen LogP contribution in [0.2, 0.25) is 0 Å². The molecule has 0 bridgehead atoms. The topological polar surface area (TPSA) is 112 Å². The number of hydrogen-bond donors (Lipinski definition) is 1. The highest BCUT2D eigenvalue weighted by atomic mass is 19.3. The lowest BCUT2D eigenvalue weighted by molar-refractivity contribution is -0.120. The van der Waals surface area contributed by atoms with Crippen molar-refractivity contribution in [1.29, 1.82) is 0 Å². The van der Waals surface area contributed by atoms with E-state index in [-0.39, 0.29) is 49.2 Å². The largest absolute Gasteiger partial charge is 0.363 e. The molecule has 2 aliphatic rings. The van der Waals surface area contributed by atoms with E-state index < -0.39 is 29.5 Å². The van der Waals surface area contributed by atoms with Crippen LogP contribution in [0.1, 0.15) is 52.4 Å². The molecule has 172 valence electrons. The van der Waals surface area contributed by atoms with Crippen molar-refractivity contribution < 1.29 is 22.8 Å². The van der Waals surface area contributed by atoms with Crippen LogP contribution < -0.4 is 10.6 Å². The Bertz CT molecular complexity index is 1250. The lowest BCUT2D eigenvalue weighted by Crippen LogP contribution is -2.32. The van der Waals surface area contributed by atoms with E-state index in [1.54, 1.807) is 19.2 Å². The van der Waals surface area contributed by atoms with Gasteiger partial charge < -0.3 is 5.73 Å². The Morgan fingerprint density at radius 1 is 1.24 bits per heavy atom. The molecule has 0 spiro atoms. The summed E-state index contributed by atoms with van der Waals surface area (Å²) < 4.78 is 43.2. The first-order valence-corrected chi connectivity index (χ1v) is 10.4. The van der Waals surface area contributed by atoms with E-state index in [1.807, 2.05) is 0 Å². The number of aromatic nitrogens is 5. The number of nitrogens with zero attached hydrogens (tertiary/aromatic N) is 6.